The first-order valence-electron chi connectivity index (χ1n) is 20.9. The monoisotopic (exact) mass is 721 g/mol. The van der Waals surface area contributed by atoms with Crippen molar-refractivity contribution in [1.29, 1.82) is 0 Å². The van der Waals surface area contributed by atoms with Gasteiger partial charge in [-0.25, -0.2) is 0 Å². The molecule has 3 rings (SSSR count). The molecule has 0 amide bonds. The van der Waals surface area contributed by atoms with Crippen LogP contribution < -0.4 is 18.9 Å². The van der Waals surface area contributed by atoms with Crippen LogP contribution in [0.4, 0.5) is 0 Å². The van der Waals surface area contributed by atoms with Gasteiger partial charge in [0, 0.05) is 11.1 Å². The van der Waals surface area contributed by atoms with Gasteiger partial charge >= 0.3 is 0 Å². The van der Waals surface area contributed by atoms with Gasteiger partial charge in [-0.3, -0.25) is 0 Å². The van der Waals surface area contributed by atoms with E-state index in [-0.39, 0.29) is 36.6 Å². The average molecular weight is 721 g/mol. The lowest BCUT2D eigenvalue weighted by atomic mass is 9.97. The van der Waals surface area contributed by atoms with Crippen LogP contribution in [-0.2, 0) is 15.9 Å². The molecule has 2 heterocycles. The molecule has 2 aliphatic heterocycles. The molecular weight excluding hydrogens is 644 g/mol. The zero-order chi connectivity index (χ0) is 36.8. The summed E-state index contributed by atoms with van der Waals surface area (Å²) in [5, 5.41) is 21.6. The summed E-state index contributed by atoms with van der Waals surface area (Å²) < 4.78 is 35.2. The van der Waals surface area contributed by atoms with Crippen molar-refractivity contribution >= 4 is 0 Å². The van der Waals surface area contributed by atoms with Gasteiger partial charge in [0.15, 0.2) is 11.5 Å². The largest absolute Gasteiger partial charge is 0.492 e. The number of hydrogen-bond donors (Lipinski definition) is 2. The van der Waals surface area contributed by atoms with Gasteiger partial charge in [0.05, 0.1) is 65.1 Å². The Kier molecular flexibility index (Phi) is 21.7. The topological polar surface area (TPSA) is 95.8 Å². The summed E-state index contributed by atoms with van der Waals surface area (Å²) in [4.78, 5) is 0. The fraction of sp³-hybridized carbons (Fsp3) is 0.860. The zero-order valence-corrected chi connectivity index (χ0v) is 33.5. The Bertz CT molecular complexity index is 1060. The summed E-state index contributed by atoms with van der Waals surface area (Å²) in [5.41, 5.74) is 2.18. The van der Waals surface area contributed by atoms with Crippen molar-refractivity contribution < 1.29 is 38.6 Å². The first kappa shape index (κ1) is 43.7. The molecule has 0 radical (unpaired) electrons. The number of hydrogen-bond acceptors (Lipinski definition) is 8. The van der Waals surface area contributed by atoms with E-state index in [1.165, 1.54) is 96.3 Å². The van der Waals surface area contributed by atoms with E-state index < -0.39 is 0 Å². The van der Waals surface area contributed by atoms with E-state index in [4.69, 9.17) is 28.4 Å². The normalized spacial score (nSPS) is 21.6. The average Bonchev–Trinajstić information content (AvgIpc) is 3.84. The first-order valence-corrected chi connectivity index (χ1v) is 20.9. The van der Waals surface area contributed by atoms with Crippen LogP contribution in [0.2, 0.25) is 0 Å². The van der Waals surface area contributed by atoms with Gasteiger partial charge in [-0.15, -0.1) is 0 Å². The number of ether oxygens (including phenoxy) is 6. The second-order valence-corrected chi connectivity index (χ2v) is 15.3. The van der Waals surface area contributed by atoms with Crippen molar-refractivity contribution in [1.82, 2.24) is 0 Å². The maximum atomic E-state index is 10.9. The van der Waals surface area contributed by atoms with E-state index in [0.29, 0.717) is 17.2 Å². The van der Waals surface area contributed by atoms with E-state index in [2.05, 4.69) is 13.8 Å². The predicted octanol–water partition coefficient (Wildman–Crippen LogP) is 10.2. The van der Waals surface area contributed by atoms with Crippen LogP contribution >= 0.6 is 0 Å². The molecule has 0 bridgehead atoms. The van der Waals surface area contributed by atoms with Gasteiger partial charge in [0.25, 0.3) is 0 Å². The van der Waals surface area contributed by atoms with Crippen LogP contribution in [0.3, 0.4) is 0 Å². The Morgan fingerprint density at radius 3 is 1.29 bits per heavy atom. The summed E-state index contributed by atoms with van der Waals surface area (Å²) in [6, 6.07) is 0. The Morgan fingerprint density at radius 1 is 0.510 bits per heavy atom. The van der Waals surface area contributed by atoms with Crippen LogP contribution in [0, 0.1) is 6.92 Å². The van der Waals surface area contributed by atoms with Gasteiger partial charge in [0.1, 0.15) is 0 Å². The molecule has 51 heavy (non-hydrogen) atoms. The fourth-order valence-corrected chi connectivity index (χ4v) is 8.37. The number of methoxy groups -OCH3 is 4. The predicted molar refractivity (Wildman–Crippen MR) is 207 cm³/mol. The summed E-state index contributed by atoms with van der Waals surface area (Å²) in [6.45, 7) is 4.32. The van der Waals surface area contributed by atoms with Crippen molar-refractivity contribution in [2.45, 2.75) is 211 Å². The minimum absolute atomic E-state index is 0.0543. The summed E-state index contributed by atoms with van der Waals surface area (Å²) in [5.74, 6) is 2.63. The molecule has 1 aromatic rings. The second kappa shape index (κ2) is 25.3. The van der Waals surface area contributed by atoms with Crippen LogP contribution in [0.15, 0.2) is 0 Å². The Morgan fingerprint density at radius 2 is 0.882 bits per heavy atom. The number of unbranched alkanes of at least 4 members (excludes halogenated alkanes) is 16. The molecule has 296 valence electrons. The first-order chi connectivity index (χ1) is 24.9. The summed E-state index contributed by atoms with van der Waals surface area (Å²) in [6.07, 6.45) is 27.9. The molecular formula is C43H76O8. The Hall–Kier alpha value is -1.74. The lowest BCUT2D eigenvalue weighted by Crippen LogP contribution is -2.33. The van der Waals surface area contributed by atoms with Crippen LogP contribution in [0.5, 0.6) is 23.0 Å². The van der Waals surface area contributed by atoms with Gasteiger partial charge in [-0.05, 0) is 58.3 Å². The third-order valence-electron chi connectivity index (χ3n) is 11.5. The van der Waals surface area contributed by atoms with Crippen molar-refractivity contribution in [3.8, 4) is 23.0 Å². The highest BCUT2D eigenvalue weighted by atomic mass is 16.6. The van der Waals surface area contributed by atoms with Crippen molar-refractivity contribution in [2.75, 3.05) is 28.4 Å². The summed E-state index contributed by atoms with van der Waals surface area (Å²) >= 11 is 0. The highest BCUT2D eigenvalue weighted by Crippen LogP contribution is 2.49. The number of rotatable bonds is 29. The molecule has 8 nitrogen and oxygen atoms in total. The van der Waals surface area contributed by atoms with Crippen molar-refractivity contribution in [2.24, 2.45) is 0 Å². The molecule has 8 heteroatoms. The maximum Gasteiger partial charge on any atom is 0.207 e. The molecule has 0 spiro atoms. The highest BCUT2D eigenvalue weighted by Gasteiger charge is 2.40. The van der Waals surface area contributed by atoms with Crippen LogP contribution in [0.1, 0.15) is 172 Å². The molecule has 0 unspecified atom stereocenters. The van der Waals surface area contributed by atoms with E-state index in [1.54, 1.807) is 28.4 Å². The van der Waals surface area contributed by atoms with Gasteiger partial charge in [-0.1, -0.05) is 116 Å². The maximum absolute atomic E-state index is 10.9. The summed E-state index contributed by atoms with van der Waals surface area (Å²) in [7, 11) is 6.60. The van der Waals surface area contributed by atoms with E-state index in [1.807, 2.05) is 0 Å². The van der Waals surface area contributed by atoms with Crippen LogP contribution in [0.25, 0.3) is 0 Å². The lowest BCUT2D eigenvalue weighted by Gasteiger charge is -2.24. The molecule has 2 fully saturated rings. The van der Waals surface area contributed by atoms with Gasteiger partial charge < -0.3 is 38.6 Å². The number of aliphatic hydroxyl groups excluding tert-OH is 2. The second-order valence-electron chi connectivity index (χ2n) is 15.3. The molecule has 0 saturated carbocycles. The van der Waals surface area contributed by atoms with E-state index in [9.17, 15) is 10.2 Å². The third kappa shape index (κ3) is 14.2. The Labute approximate surface area is 311 Å². The minimum Gasteiger partial charge on any atom is -0.492 e. The molecule has 1 aromatic carbocycles. The zero-order valence-electron chi connectivity index (χ0n) is 33.5. The fourth-order valence-electron chi connectivity index (χ4n) is 8.37. The smallest absolute Gasteiger partial charge is 0.207 e. The Balaban J connectivity index is 1.18. The van der Waals surface area contributed by atoms with Gasteiger partial charge in [0.2, 0.25) is 11.5 Å². The molecule has 2 N–H and O–H groups in total. The van der Waals surface area contributed by atoms with Crippen molar-refractivity contribution in [3.63, 3.8) is 0 Å². The minimum atomic E-state index is -0.386. The SMILES string of the molecule is CCCCCCCCCC[C@@H](O)[C@H]1CC[C@H]([C@H]2CC[C@H]([C@H](O)CCCCCCCCCCCCc3c(C)c(OC)c(OC)c(OC)c3OC)O2)O1. The number of aliphatic hydroxyl groups is 2. The molecule has 2 aliphatic rings. The molecule has 0 aliphatic carbocycles. The standard InChI is InChI=1S/C43H76O8/c1-7-8-9-10-11-17-20-23-26-34(44)36-28-30-38(50-36)39-31-29-37(51-39)35(45)27-24-21-18-15-13-12-14-16-19-22-25-33-32(2)40(46-3)42(48-5)43(49-6)41(33)47-4/h34-39,44-45H,7-31H2,1-6H3/t34-,35-,36-,37-,38-,39-/m1/s1. The van der Waals surface area contributed by atoms with E-state index in [0.717, 1.165) is 81.1 Å². The van der Waals surface area contributed by atoms with Crippen LogP contribution in [-0.4, -0.2) is 75.3 Å². The molecule has 0 aromatic heterocycles. The van der Waals surface area contributed by atoms with Crippen molar-refractivity contribution in [3.05, 3.63) is 11.1 Å². The van der Waals surface area contributed by atoms with E-state index >= 15 is 0 Å². The quantitative estimate of drug-likeness (QED) is 0.0790. The molecule has 2 saturated heterocycles. The number of benzene rings is 1. The third-order valence-corrected chi connectivity index (χ3v) is 11.5. The van der Waals surface area contributed by atoms with Gasteiger partial charge in [-0.2, -0.15) is 0 Å². The lowest BCUT2D eigenvalue weighted by molar-refractivity contribution is -0.110. The highest BCUT2D eigenvalue weighted by molar-refractivity contribution is 5.66. The molecule has 6 atom stereocenters.